The van der Waals surface area contributed by atoms with E-state index < -0.39 is 0 Å². The van der Waals surface area contributed by atoms with Crippen molar-refractivity contribution in [3.05, 3.63) is 22.6 Å². The lowest BCUT2D eigenvalue weighted by Gasteiger charge is -2.10. The first kappa shape index (κ1) is 15.2. The van der Waals surface area contributed by atoms with Gasteiger partial charge in [0.2, 0.25) is 5.91 Å². The van der Waals surface area contributed by atoms with Crippen molar-refractivity contribution in [1.29, 1.82) is 0 Å². The first-order valence-corrected chi connectivity index (χ1v) is 6.13. The molecule has 0 aliphatic rings. The normalized spacial score (nSPS) is 12.3. The number of rotatable bonds is 6. The number of nitrogens with zero attached hydrogens (tertiary/aromatic N) is 2. The average Bonchev–Trinajstić information content (AvgIpc) is 2.28. The fourth-order valence-corrected chi connectivity index (χ4v) is 1.35. The molecule has 0 radical (unpaired) electrons. The number of nitrogens with one attached hydrogen (secondary N) is 1. The van der Waals surface area contributed by atoms with E-state index in [1.807, 2.05) is 13.8 Å². The molecule has 106 valence electrons. The summed E-state index contributed by atoms with van der Waals surface area (Å²) in [6.45, 7) is 5.69. The van der Waals surface area contributed by atoms with Crippen LogP contribution in [0.25, 0.3) is 0 Å². The Morgan fingerprint density at radius 1 is 1.53 bits per heavy atom. The van der Waals surface area contributed by atoms with Crippen molar-refractivity contribution in [3.8, 4) is 5.75 Å². The topological polar surface area (TPSA) is 99.2 Å². The van der Waals surface area contributed by atoms with Gasteiger partial charge in [-0.05, 0) is 20.8 Å². The quantitative estimate of drug-likeness (QED) is 0.724. The maximum atomic E-state index is 11.7. The Balaban J connectivity index is 2.67. The van der Waals surface area contributed by atoms with Gasteiger partial charge in [-0.25, -0.2) is 4.68 Å². The highest BCUT2D eigenvalue weighted by Crippen LogP contribution is 2.03. The molecule has 0 bridgehead atoms. The van der Waals surface area contributed by atoms with Crippen molar-refractivity contribution in [1.82, 2.24) is 15.1 Å². The summed E-state index contributed by atoms with van der Waals surface area (Å²) in [5.74, 6) is 0.0941. The number of hydrogen-bond donors (Lipinski definition) is 2. The zero-order valence-corrected chi connectivity index (χ0v) is 11.4. The van der Waals surface area contributed by atoms with E-state index >= 15 is 0 Å². The van der Waals surface area contributed by atoms with Gasteiger partial charge in [0.1, 0.15) is 18.9 Å². The third kappa shape index (κ3) is 5.52. The van der Waals surface area contributed by atoms with Crippen LogP contribution in [0.15, 0.2) is 17.1 Å². The van der Waals surface area contributed by atoms with Crippen molar-refractivity contribution >= 4 is 5.91 Å². The predicted molar refractivity (Wildman–Crippen MR) is 70.9 cm³/mol. The molecule has 3 N–H and O–H groups in total. The van der Waals surface area contributed by atoms with Gasteiger partial charge >= 0.3 is 0 Å². The maximum absolute atomic E-state index is 11.7. The summed E-state index contributed by atoms with van der Waals surface area (Å²) in [7, 11) is 0. The molecule has 1 unspecified atom stereocenters. The molecule has 0 aromatic carbocycles. The summed E-state index contributed by atoms with van der Waals surface area (Å²) in [6, 6.07) is 1.19. The molecule has 0 saturated heterocycles. The van der Waals surface area contributed by atoms with E-state index in [0.29, 0.717) is 12.4 Å². The Morgan fingerprint density at radius 3 is 2.74 bits per heavy atom. The van der Waals surface area contributed by atoms with Crippen molar-refractivity contribution < 1.29 is 9.53 Å². The van der Waals surface area contributed by atoms with Crippen LogP contribution in [0.4, 0.5) is 0 Å². The molecule has 7 heteroatoms. The maximum Gasteiger partial charge on any atom is 0.270 e. The third-order valence-electron chi connectivity index (χ3n) is 2.10. The highest BCUT2D eigenvalue weighted by Gasteiger charge is 2.08. The molecular formula is C12H20N4O3. The molecule has 1 aromatic rings. The third-order valence-corrected chi connectivity index (χ3v) is 2.10. The molecule has 0 fully saturated rings. The van der Waals surface area contributed by atoms with Crippen molar-refractivity contribution in [2.45, 2.75) is 39.4 Å². The first-order chi connectivity index (χ1) is 8.88. The van der Waals surface area contributed by atoms with Crippen molar-refractivity contribution in [2.75, 3.05) is 6.61 Å². The Labute approximate surface area is 111 Å². The van der Waals surface area contributed by atoms with Crippen molar-refractivity contribution in [3.63, 3.8) is 0 Å². The molecule has 0 spiro atoms. The van der Waals surface area contributed by atoms with Crippen LogP contribution in [0.2, 0.25) is 0 Å². The number of ether oxygens (including phenoxy) is 1. The Kier molecular flexibility index (Phi) is 5.50. The summed E-state index contributed by atoms with van der Waals surface area (Å²) in [6.07, 6.45) is 1.40. The van der Waals surface area contributed by atoms with Crippen LogP contribution >= 0.6 is 0 Å². The van der Waals surface area contributed by atoms with Gasteiger partial charge in [-0.3, -0.25) is 9.59 Å². The van der Waals surface area contributed by atoms with Gasteiger partial charge in [-0.1, -0.05) is 0 Å². The highest BCUT2D eigenvalue weighted by molar-refractivity contribution is 5.75. The molecule has 1 rings (SSSR count). The fourth-order valence-electron chi connectivity index (χ4n) is 1.35. The number of hydrogen-bond acceptors (Lipinski definition) is 5. The minimum absolute atomic E-state index is 0.0249. The average molecular weight is 268 g/mol. The lowest BCUT2D eigenvalue weighted by atomic mass is 10.4. The second-order valence-electron chi connectivity index (χ2n) is 4.70. The second kappa shape index (κ2) is 6.89. The van der Waals surface area contributed by atoms with Crippen LogP contribution in [0.5, 0.6) is 5.75 Å². The molecular weight excluding hydrogens is 248 g/mol. The minimum atomic E-state index is -0.388. The zero-order valence-electron chi connectivity index (χ0n) is 11.4. The Morgan fingerprint density at radius 2 is 2.21 bits per heavy atom. The van der Waals surface area contributed by atoms with Gasteiger partial charge in [-0.2, -0.15) is 5.10 Å². The van der Waals surface area contributed by atoms with Crippen LogP contribution in [-0.4, -0.2) is 34.4 Å². The summed E-state index contributed by atoms with van der Waals surface area (Å²) in [4.78, 5) is 23.2. The van der Waals surface area contributed by atoms with Crippen LogP contribution in [0.3, 0.4) is 0 Å². The molecule has 0 aliphatic carbocycles. The van der Waals surface area contributed by atoms with Crippen LogP contribution < -0.4 is 21.3 Å². The fraction of sp³-hybridized carbons (Fsp3) is 0.583. The van der Waals surface area contributed by atoms with Crippen LogP contribution in [0, 0.1) is 0 Å². The van der Waals surface area contributed by atoms with Crippen LogP contribution in [0.1, 0.15) is 20.8 Å². The van der Waals surface area contributed by atoms with Gasteiger partial charge < -0.3 is 15.8 Å². The van der Waals surface area contributed by atoms with Gasteiger partial charge in [0.25, 0.3) is 5.56 Å². The minimum Gasteiger partial charge on any atom is -0.490 e. The summed E-state index contributed by atoms with van der Waals surface area (Å²) in [5, 5.41) is 6.57. The predicted octanol–water partition coefficient (Wildman–Crippen LogP) is -0.506. The standard InChI is InChI=1S/C12H20N4O3/c1-8(2)15-11(17)6-16-12(18)4-10(5-14-16)19-7-9(3)13/h4-5,8-9H,6-7,13H2,1-3H3,(H,15,17). The summed E-state index contributed by atoms with van der Waals surface area (Å²) in [5.41, 5.74) is 5.15. The van der Waals surface area contributed by atoms with Crippen molar-refractivity contribution in [2.24, 2.45) is 5.73 Å². The van der Waals surface area contributed by atoms with Gasteiger partial charge in [-0.15, -0.1) is 0 Å². The first-order valence-electron chi connectivity index (χ1n) is 6.13. The van der Waals surface area contributed by atoms with E-state index in [9.17, 15) is 9.59 Å². The summed E-state index contributed by atoms with van der Waals surface area (Å²) >= 11 is 0. The van der Waals surface area contributed by atoms with E-state index in [-0.39, 0.29) is 30.1 Å². The number of carbonyl (C=O) groups excluding carboxylic acids is 1. The molecule has 1 atom stereocenters. The van der Waals surface area contributed by atoms with E-state index in [2.05, 4.69) is 10.4 Å². The van der Waals surface area contributed by atoms with Gasteiger partial charge in [0.15, 0.2) is 0 Å². The molecule has 1 heterocycles. The largest absolute Gasteiger partial charge is 0.490 e. The SMILES string of the molecule is CC(N)COc1cnn(CC(=O)NC(C)C)c(=O)c1. The van der Waals surface area contributed by atoms with E-state index in [0.717, 1.165) is 4.68 Å². The van der Waals surface area contributed by atoms with E-state index in [1.54, 1.807) is 6.92 Å². The lowest BCUT2D eigenvalue weighted by molar-refractivity contribution is -0.122. The lowest BCUT2D eigenvalue weighted by Crippen LogP contribution is -2.36. The molecule has 7 nitrogen and oxygen atoms in total. The van der Waals surface area contributed by atoms with Gasteiger partial charge in [0, 0.05) is 18.2 Å². The molecule has 0 saturated carbocycles. The summed E-state index contributed by atoms with van der Waals surface area (Å²) < 4.78 is 6.35. The number of carbonyl (C=O) groups is 1. The molecule has 1 amide bonds. The monoisotopic (exact) mass is 268 g/mol. The smallest absolute Gasteiger partial charge is 0.270 e. The molecule has 19 heavy (non-hydrogen) atoms. The molecule has 1 aromatic heterocycles. The van der Waals surface area contributed by atoms with E-state index in [4.69, 9.17) is 10.5 Å². The number of amides is 1. The number of aromatic nitrogens is 2. The number of nitrogens with two attached hydrogens (primary N) is 1. The zero-order chi connectivity index (χ0) is 14.4. The highest BCUT2D eigenvalue weighted by atomic mass is 16.5. The second-order valence-corrected chi connectivity index (χ2v) is 4.70. The van der Waals surface area contributed by atoms with Gasteiger partial charge in [0.05, 0.1) is 6.20 Å². The Hall–Kier alpha value is -1.89. The Bertz CT molecular complexity index is 482. The molecule has 0 aliphatic heterocycles. The van der Waals surface area contributed by atoms with E-state index in [1.165, 1.54) is 12.3 Å². The van der Waals surface area contributed by atoms with Crippen LogP contribution in [-0.2, 0) is 11.3 Å².